The summed E-state index contributed by atoms with van der Waals surface area (Å²) in [6, 6.07) is 20.9. The maximum atomic E-state index is 3.88. The van der Waals surface area contributed by atoms with Gasteiger partial charge in [-0.1, -0.05) is 104 Å². The molecule has 2 rings (SSSR count). The van der Waals surface area contributed by atoms with Gasteiger partial charge in [0.05, 0.1) is 5.54 Å². The maximum Gasteiger partial charge on any atom is 0.0945 e. The molecule has 1 nitrogen and oxygen atoms in total. The lowest BCUT2D eigenvalue weighted by Crippen LogP contribution is -2.42. The zero-order valence-electron chi connectivity index (χ0n) is 13.6. The fourth-order valence-corrected chi connectivity index (χ4v) is 2.91. The Kier molecular flexibility index (Phi) is 5.90. The molecule has 0 aliphatic heterocycles. The van der Waals surface area contributed by atoms with Crippen LogP contribution in [-0.4, -0.2) is 7.05 Å². The summed E-state index contributed by atoms with van der Waals surface area (Å²) in [6.45, 7) is 7.67. The first-order valence-corrected chi connectivity index (χ1v) is 7.72. The molecule has 0 saturated carbocycles. The van der Waals surface area contributed by atoms with Crippen molar-refractivity contribution in [2.45, 2.75) is 5.54 Å². The number of nitrogens with one attached hydrogen (secondary N) is 1. The van der Waals surface area contributed by atoms with E-state index in [0.29, 0.717) is 0 Å². The highest BCUT2D eigenvalue weighted by atomic mass is 14.9. The molecular formula is C22H23N. The highest BCUT2D eigenvalue weighted by Crippen LogP contribution is 2.37. The predicted octanol–water partition coefficient (Wildman–Crippen LogP) is 5.00. The average Bonchev–Trinajstić information content (AvgIpc) is 2.62. The van der Waals surface area contributed by atoms with E-state index in [1.54, 1.807) is 6.08 Å². The quantitative estimate of drug-likeness (QED) is 0.709. The molecule has 1 heteroatoms. The third kappa shape index (κ3) is 3.41. The Morgan fingerprint density at radius 3 is 1.78 bits per heavy atom. The average molecular weight is 301 g/mol. The summed E-state index contributed by atoms with van der Waals surface area (Å²) in [7, 11) is 1.98. The van der Waals surface area contributed by atoms with Gasteiger partial charge in [-0.2, -0.15) is 0 Å². The Labute approximate surface area is 139 Å². The van der Waals surface area contributed by atoms with E-state index in [4.69, 9.17) is 0 Å². The van der Waals surface area contributed by atoms with E-state index in [2.05, 4.69) is 73.1 Å². The van der Waals surface area contributed by atoms with Crippen molar-refractivity contribution < 1.29 is 0 Å². The van der Waals surface area contributed by atoms with Crippen molar-refractivity contribution in [3.05, 3.63) is 121 Å². The van der Waals surface area contributed by atoms with Gasteiger partial charge in [0.2, 0.25) is 0 Å². The van der Waals surface area contributed by atoms with Crippen LogP contribution in [0.4, 0.5) is 0 Å². The summed E-state index contributed by atoms with van der Waals surface area (Å²) < 4.78 is 0. The Morgan fingerprint density at radius 2 is 1.39 bits per heavy atom. The first-order valence-electron chi connectivity index (χ1n) is 7.72. The summed E-state index contributed by atoms with van der Waals surface area (Å²) >= 11 is 0. The molecule has 0 unspecified atom stereocenters. The Morgan fingerprint density at radius 1 is 0.870 bits per heavy atom. The van der Waals surface area contributed by atoms with E-state index in [0.717, 1.165) is 5.57 Å². The SMILES string of the molecule is C=C/C=C\C(=C/C=C)C(NC)(c1ccccc1)c1ccccc1. The number of likely N-dealkylation sites (N-methyl/N-ethyl adjacent to an activating group) is 1. The molecule has 2 aromatic rings. The molecule has 1 N–H and O–H groups in total. The number of rotatable bonds is 7. The molecule has 0 spiro atoms. The monoisotopic (exact) mass is 301 g/mol. The van der Waals surface area contributed by atoms with Crippen molar-refractivity contribution in [3.8, 4) is 0 Å². The molecule has 0 saturated heterocycles. The minimum Gasteiger partial charge on any atom is -0.303 e. The summed E-state index contributed by atoms with van der Waals surface area (Å²) in [6.07, 6.45) is 9.67. The van der Waals surface area contributed by atoms with Gasteiger partial charge in [0, 0.05) is 0 Å². The predicted molar refractivity (Wildman–Crippen MR) is 100 cm³/mol. The first-order chi connectivity index (χ1) is 11.3. The number of benzene rings is 2. The van der Waals surface area contributed by atoms with Crippen molar-refractivity contribution in [3.63, 3.8) is 0 Å². The topological polar surface area (TPSA) is 12.0 Å². The van der Waals surface area contributed by atoms with Crippen LogP contribution in [0.1, 0.15) is 11.1 Å². The van der Waals surface area contributed by atoms with Crippen LogP contribution in [0.3, 0.4) is 0 Å². The molecule has 0 bridgehead atoms. The van der Waals surface area contributed by atoms with Crippen LogP contribution in [0, 0.1) is 0 Å². The van der Waals surface area contributed by atoms with Gasteiger partial charge in [0.15, 0.2) is 0 Å². The molecule has 0 aromatic heterocycles. The van der Waals surface area contributed by atoms with Crippen molar-refractivity contribution in [2.75, 3.05) is 7.05 Å². The second-order valence-electron chi connectivity index (χ2n) is 5.18. The molecule has 2 aromatic carbocycles. The summed E-state index contributed by atoms with van der Waals surface area (Å²) in [5.74, 6) is 0. The van der Waals surface area contributed by atoms with E-state index in [1.165, 1.54) is 11.1 Å². The highest BCUT2D eigenvalue weighted by Gasteiger charge is 2.35. The second kappa shape index (κ2) is 8.11. The van der Waals surface area contributed by atoms with E-state index in [-0.39, 0.29) is 0 Å². The fourth-order valence-electron chi connectivity index (χ4n) is 2.91. The van der Waals surface area contributed by atoms with Gasteiger partial charge in [-0.15, -0.1) is 0 Å². The molecule has 0 amide bonds. The minimum atomic E-state index is -0.448. The molecule has 0 fully saturated rings. The zero-order valence-corrected chi connectivity index (χ0v) is 13.6. The second-order valence-corrected chi connectivity index (χ2v) is 5.18. The van der Waals surface area contributed by atoms with Gasteiger partial charge in [-0.25, -0.2) is 0 Å². The lowest BCUT2D eigenvalue weighted by Gasteiger charge is -2.36. The van der Waals surface area contributed by atoms with Crippen molar-refractivity contribution in [1.82, 2.24) is 5.32 Å². The molecule has 0 aliphatic carbocycles. The summed E-state index contributed by atoms with van der Waals surface area (Å²) in [5, 5.41) is 3.54. The van der Waals surface area contributed by atoms with Crippen LogP contribution < -0.4 is 5.32 Å². The lowest BCUT2D eigenvalue weighted by molar-refractivity contribution is 0.524. The van der Waals surface area contributed by atoms with Gasteiger partial charge >= 0.3 is 0 Å². The third-order valence-corrected chi connectivity index (χ3v) is 3.93. The molecule has 0 radical (unpaired) electrons. The first kappa shape index (κ1) is 16.7. The largest absolute Gasteiger partial charge is 0.303 e. The molecule has 0 atom stereocenters. The Bertz CT molecular complexity index is 654. The molecule has 116 valence electrons. The van der Waals surface area contributed by atoms with Gasteiger partial charge < -0.3 is 5.32 Å². The minimum absolute atomic E-state index is 0.448. The van der Waals surface area contributed by atoms with E-state index >= 15 is 0 Å². The molecule has 0 heterocycles. The number of hydrogen-bond donors (Lipinski definition) is 1. The van der Waals surface area contributed by atoms with Crippen LogP contribution in [-0.2, 0) is 5.54 Å². The fraction of sp³-hybridized carbons (Fsp3) is 0.0909. The van der Waals surface area contributed by atoms with E-state index in [1.807, 2.05) is 37.4 Å². The Hall–Kier alpha value is -2.64. The van der Waals surface area contributed by atoms with Crippen LogP contribution in [0.5, 0.6) is 0 Å². The van der Waals surface area contributed by atoms with Crippen LogP contribution in [0.15, 0.2) is 110 Å². The number of hydrogen-bond acceptors (Lipinski definition) is 1. The van der Waals surface area contributed by atoms with Crippen LogP contribution >= 0.6 is 0 Å². The van der Waals surface area contributed by atoms with Gasteiger partial charge in [-0.05, 0) is 23.7 Å². The Balaban J connectivity index is 2.77. The van der Waals surface area contributed by atoms with Gasteiger partial charge in [0.25, 0.3) is 0 Å². The van der Waals surface area contributed by atoms with Crippen LogP contribution in [0.25, 0.3) is 0 Å². The molecule has 0 aliphatic rings. The molecular weight excluding hydrogens is 278 g/mol. The van der Waals surface area contributed by atoms with Crippen molar-refractivity contribution >= 4 is 0 Å². The standard InChI is InChI=1S/C22H23N/c1-4-6-14-19(13-5-2)22(23-3,20-15-9-7-10-16-20)21-17-11-8-12-18-21/h4-18,23H,1-2H2,3H3/b14-6-,19-13+. The highest BCUT2D eigenvalue weighted by molar-refractivity contribution is 5.52. The molecule has 23 heavy (non-hydrogen) atoms. The van der Waals surface area contributed by atoms with Crippen molar-refractivity contribution in [1.29, 1.82) is 0 Å². The smallest absolute Gasteiger partial charge is 0.0945 e. The van der Waals surface area contributed by atoms with E-state index in [9.17, 15) is 0 Å². The van der Waals surface area contributed by atoms with Crippen molar-refractivity contribution in [2.24, 2.45) is 0 Å². The summed E-state index contributed by atoms with van der Waals surface area (Å²) in [5.41, 5.74) is 3.01. The lowest BCUT2D eigenvalue weighted by atomic mass is 9.76. The van der Waals surface area contributed by atoms with Gasteiger partial charge in [-0.3, -0.25) is 0 Å². The number of allylic oxidation sites excluding steroid dienone is 4. The third-order valence-electron chi connectivity index (χ3n) is 3.93. The normalized spacial score (nSPS) is 12.3. The summed E-state index contributed by atoms with van der Waals surface area (Å²) in [4.78, 5) is 0. The van der Waals surface area contributed by atoms with Crippen LogP contribution in [0.2, 0.25) is 0 Å². The van der Waals surface area contributed by atoms with Gasteiger partial charge in [0.1, 0.15) is 0 Å². The maximum absolute atomic E-state index is 3.88. The zero-order chi connectivity index (χ0) is 16.5. The van der Waals surface area contributed by atoms with E-state index < -0.39 is 5.54 Å².